The molecule has 0 aliphatic rings. The fourth-order valence-electron chi connectivity index (χ4n) is 1.67. The van der Waals surface area contributed by atoms with Gasteiger partial charge in [0, 0.05) is 17.0 Å². The quantitative estimate of drug-likeness (QED) is 0.933. The second-order valence-electron chi connectivity index (χ2n) is 4.59. The van der Waals surface area contributed by atoms with E-state index in [9.17, 15) is 4.79 Å². The van der Waals surface area contributed by atoms with E-state index in [1.54, 1.807) is 12.1 Å². The molecule has 0 spiro atoms. The van der Waals surface area contributed by atoms with Gasteiger partial charge in [-0.25, -0.2) is 4.98 Å². The summed E-state index contributed by atoms with van der Waals surface area (Å²) >= 11 is 1.53. The summed E-state index contributed by atoms with van der Waals surface area (Å²) in [4.78, 5) is 19.7. The molecule has 0 saturated heterocycles. The van der Waals surface area contributed by atoms with Gasteiger partial charge in [-0.3, -0.25) is 10.1 Å². The molecular weight excluding hydrogens is 258 g/mol. The highest BCUT2D eigenvalue weighted by Gasteiger charge is 2.11. The number of hydrogen-bond acceptors (Lipinski definition) is 4. The van der Waals surface area contributed by atoms with Crippen LogP contribution in [0.3, 0.4) is 0 Å². The SMILES string of the molecule is Cc1nc(NC(=O)c2ccccc2)sc1CN(C)C. The monoisotopic (exact) mass is 275 g/mol. The Balaban J connectivity index is 2.10. The minimum atomic E-state index is -0.120. The molecule has 1 aromatic heterocycles. The third kappa shape index (κ3) is 3.62. The maximum Gasteiger partial charge on any atom is 0.257 e. The normalized spacial score (nSPS) is 10.7. The Morgan fingerprint density at radius 1 is 1.32 bits per heavy atom. The van der Waals surface area contributed by atoms with Gasteiger partial charge in [-0.15, -0.1) is 11.3 Å². The predicted molar refractivity (Wildman–Crippen MR) is 78.6 cm³/mol. The molecule has 2 rings (SSSR count). The molecule has 1 heterocycles. The standard InChI is InChI=1S/C14H17N3OS/c1-10-12(9-17(2)3)19-14(15-10)16-13(18)11-7-5-4-6-8-11/h4-8H,9H2,1-3H3,(H,15,16,18). The number of rotatable bonds is 4. The molecule has 19 heavy (non-hydrogen) atoms. The zero-order chi connectivity index (χ0) is 13.8. The van der Waals surface area contributed by atoms with E-state index in [0.29, 0.717) is 10.7 Å². The number of benzene rings is 1. The number of carbonyl (C=O) groups excluding carboxylic acids is 1. The first kappa shape index (κ1) is 13.7. The lowest BCUT2D eigenvalue weighted by molar-refractivity contribution is 0.102. The van der Waals surface area contributed by atoms with Crippen LogP contribution in [0.15, 0.2) is 30.3 Å². The Bertz CT molecular complexity index is 563. The lowest BCUT2D eigenvalue weighted by atomic mass is 10.2. The number of aromatic nitrogens is 1. The summed E-state index contributed by atoms with van der Waals surface area (Å²) in [5.41, 5.74) is 1.62. The van der Waals surface area contributed by atoms with E-state index < -0.39 is 0 Å². The first-order valence-corrected chi connectivity index (χ1v) is 6.85. The third-order valence-electron chi connectivity index (χ3n) is 2.61. The van der Waals surface area contributed by atoms with Crippen molar-refractivity contribution in [1.29, 1.82) is 0 Å². The maximum atomic E-state index is 12.0. The maximum absolute atomic E-state index is 12.0. The van der Waals surface area contributed by atoms with Crippen molar-refractivity contribution in [2.24, 2.45) is 0 Å². The van der Waals surface area contributed by atoms with Gasteiger partial charge in [0.2, 0.25) is 0 Å². The van der Waals surface area contributed by atoms with Crippen LogP contribution in [0.25, 0.3) is 0 Å². The second kappa shape index (κ2) is 5.95. The molecule has 1 amide bonds. The summed E-state index contributed by atoms with van der Waals surface area (Å²) in [6.45, 7) is 2.80. The Morgan fingerprint density at radius 2 is 2.00 bits per heavy atom. The van der Waals surface area contributed by atoms with Crippen LogP contribution in [0.4, 0.5) is 5.13 Å². The summed E-state index contributed by atoms with van der Waals surface area (Å²) < 4.78 is 0. The summed E-state index contributed by atoms with van der Waals surface area (Å²) in [5.74, 6) is -0.120. The van der Waals surface area contributed by atoms with Crippen molar-refractivity contribution in [1.82, 2.24) is 9.88 Å². The summed E-state index contributed by atoms with van der Waals surface area (Å²) in [6, 6.07) is 9.16. The largest absolute Gasteiger partial charge is 0.304 e. The number of thiazole rings is 1. The molecule has 5 heteroatoms. The molecule has 0 unspecified atom stereocenters. The number of aryl methyl sites for hydroxylation is 1. The van der Waals surface area contributed by atoms with Crippen LogP contribution < -0.4 is 5.32 Å². The number of nitrogens with one attached hydrogen (secondary N) is 1. The number of anilines is 1. The lowest BCUT2D eigenvalue weighted by Gasteiger charge is -2.06. The van der Waals surface area contributed by atoms with Crippen LogP contribution in [-0.4, -0.2) is 29.9 Å². The highest BCUT2D eigenvalue weighted by atomic mass is 32.1. The summed E-state index contributed by atoms with van der Waals surface area (Å²) in [5, 5.41) is 3.50. The van der Waals surface area contributed by atoms with Crippen LogP contribution in [0.5, 0.6) is 0 Å². The van der Waals surface area contributed by atoms with Gasteiger partial charge in [-0.2, -0.15) is 0 Å². The van der Waals surface area contributed by atoms with Crippen molar-refractivity contribution >= 4 is 22.4 Å². The predicted octanol–water partition coefficient (Wildman–Crippen LogP) is 2.77. The fourth-order valence-corrected chi connectivity index (χ4v) is 2.75. The van der Waals surface area contributed by atoms with Crippen molar-refractivity contribution in [3.05, 3.63) is 46.5 Å². The Hall–Kier alpha value is -1.72. The minimum Gasteiger partial charge on any atom is -0.304 e. The molecule has 0 saturated carbocycles. The van der Waals surface area contributed by atoms with Crippen LogP contribution in [0, 0.1) is 6.92 Å². The Morgan fingerprint density at radius 3 is 2.63 bits per heavy atom. The van der Waals surface area contributed by atoms with Gasteiger partial charge < -0.3 is 4.90 Å². The topological polar surface area (TPSA) is 45.2 Å². The fraction of sp³-hybridized carbons (Fsp3) is 0.286. The van der Waals surface area contributed by atoms with E-state index in [1.165, 1.54) is 16.2 Å². The third-order valence-corrected chi connectivity index (χ3v) is 3.67. The van der Waals surface area contributed by atoms with Crippen LogP contribution in [-0.2, 0) is 6.54 Å². The molecule has 1 aromatic carbocycles. The molecule has 0 bridgehead atoms. The molecule has 0 atom stereocenters. The van der Waals surface area contributed by atoms with E-state index >= 15 is 0 Å². The van der Waals surface area contributed by atoms with E-state index in [0.717, 1.165) is 12.2 Å². The van der Waals surface area contributed by atoms with Gasteiger partial charge in [-0.1, -0.05) is 18.2 Å². The van der Waals surface area contributed by atoms with Gasteiger partial charge in [0.15, 0.2) is 5.13 Å². The van der Waals surface area contributed by atoms with Gasteiger partial charge >= 0.3 is 0 Å². The first-order valence-electron chi connectivity index (χ1n) is 6.03. The van der Waals surface area contributed by atoms with Gasteiger partial charge in [0.05, 0.1) is 5.69 Å². The molecule has 0 aliphatic heterocycles. The van der Waals surface area contributed by atoms with Crippen LogP contribution >= 0.6 is 11.3 Å². The van der Waals surface area contributed by atoms with Crippen molar-refractivity contribution in [3.63, 3.8) is 0 Å². The molecule has 0 fully saturated rings. The van der Waals surface area contributed by atoms with Crippen molar-refractivity contribution in [2.45, 2.75) is 13.5 Å². The number of nitrogens with zero attached hydrogens (tertiary/aromatic N) is 2. The van der Waals surface area contributed by atoms with Crippen molar-refractivity contribution < 1.29 is 4.79 Å². The molecular formula is C14H17N3OS. The van der Waals surface area contributed by atoms with Gasteiger partial charge in [0.25, 0.3) is 5.91 Å². The van der Waals surface area contributed by atoms with Crippen molar-refractivity contribution in [3.8, 4) is 0 Å². The lowest BCUT2D eigenvalue weighted by Crippen LogP contribution is -2.11. The number of amides is 1. The average Bonchev–Trinajstić information content (AvgIpc) is 2.70. The smallest absolute Gasteiger partial charge is 0.257 e. The van der Waals surface area contributed by atoms with E-state index in [4.69, 9.17) is 0 Å². The first-order chi connectivity index (χ1) is 9.06. The minimum absolute atomic E-state index is 0.120. The molecule has 4 nitrogen and oxygen atoms in total. The van der Waals surface area contributed by atoms with E-state index in [1.807, 2.05) is 39.2 Å². The van der Waals surface area contributed by atoms with Gasteiger partial charge in [0.1, 0.15) is 0 Å². The molecule has 2 aromatic rings. The molecule has 100 valence electrons. The number of carbonyl (C=O) groups is 1. The summed E-state index contributed by atoms with van der Waals surface area (Å²) in [6.07, 6.45) is 0. The molecule has 0 radical (unpaired) electrons. The van der Waals surface area contributed by atoms with Crippen LogP contribution in [0.2, 0.25) is 0 Å². The Kier molecular flexibility index (Phi) is 4.29. The summed E-state index contributed by atoms with van der Waals surface area (Å²) in [7, 11) is 4.03. The zero-order valence-electron chi connectivity index (χ0n) is 11.3. The van der Waals surface area contributed by atoms with Crippen molar-refractivity contribution in [2.75, 3.05) is 19.4 Å². The average molecular weight is 275 g/mol. The number of hydrogen-bond donors (Lipinski definition) is 1. The zero-order valence-corrected chi connectivity index (χ0v) is 12.1. The highest BCUT2D eigenvalue weighted by Crippen LogP contribution is 2.23. The molecule has 0 aliphatic carbocycles. The van der Waals surface area contributed by atoms with E-state index in [2.05, 4.69) is 15.2 Å². The Labute approximate surface area is 117 Å². The van der Waals surface area contributed by atoms with Gasteiger partial charge in [-0.05, 0) is 33.2 Å². The second-order valence-corrected chi connectivity index (χ2v) is 5.67. The van der Waals surface area contributed by atoms with E-state index in [-0.39, 0.29) is 5.91 Å². The molecule has 1 N–H and O–H groups in total. The highest BCUT2D eigenvalue weighted by molar-refractivity contribution is 7.15. The van der Waals surface area contributed by atoms with Crippen LogP contribution in [0.1, 0.15) is 20.9 Å².